The summed E-state index contributed by atoms with van der Waals surface area (Å²) in [5.74, 6) is 0.840. The lowest BCUT2D eigenvalue weighted by atomic mass is 9.95. The molecular formula is C15H22N2O. The fourth-order valence-electron chi connectivity index (χ4n) is 2.60. The number of hydrogen-bond donors (Lipinski definition) is 1. The minimum absolute atomic E-state index is 0.187. The van der Waals surface area contributed by atoms with Crippen molar-refractivity contribution in [2.45, 2.75) is 32.7 Å². The van der Waals surface area contributed by atoms with Gasteiger partial charge in [0.25, 0.3) is 0 Å². The average Bonchev–Trinajstić information content (AvgIpc) is 2.61. The first kappa shape index (κ1) is 13.1. The number of hydrogen-bond acceptors (Lipinski definition) is 2. The topological polar surface area (TPSA) is 32.3 Å². The van der Waals surface area contributed by atoms with Crippen LogP contribution in [0, 0.1) is 5.92 Å². The second-order valence-corrected chi connectivity index (χ2v) is 5.49. The predicted molar refractivity (Wildman–Crippen MR) is 74.8 cm³/mol. The maximum atomic E-state index is 11.7. The van der Waals surface area contributed by atoms with Gasteiger partial charge >= 0.3 is 0 Å². The van der Waals surface area contributed by atoms with E-state index in [1.807, 2.05) is 14.1 Å². The highest BCUT2D eigenvalue weighted by Crippen LogP contribution is 2.31. The van der Waals surface area contributed by atoms with E-state index in [0.29, 0.717) is 18.4 Å². The molecule has 2 rings (SSSR count). The molecule has 0 saturated carbocycles. The van der Waals surface area contributed by atoms with Crippen LogP contribution < -0.4 is 10.2 Å². The van der Waals surface area contributed by atoms with Crippen molar-refractivity contribution in [3.8, 4) is 0 Å². The Labute approximate surface area is 109 Å². The summed E-state index contributed by atoms with van der Waals surface area (Å²) in [7, 11) is 3.84. The van der Waals surface area contributed by atoms with Crippen LogP contribution in [-0.4, -0.2) is 20.0 Å². The maximum absolute atomic E-state index is 11.7. The summed E-state index contributed by atoms with van der Waals surface area (Å²) in [6.45, 7) is 4.46. The van der Waals surface area contributed by atoms with Gasteiger partial charge in [0.1, 0.15) is 0 Å². The van der Waals surface area contributed by atoms with Crippen LogP contribution in [0.5, 0.6) is 0 Å². The Balaban J connectivity index is 2.26. The van der Waals surface area contributed by atoms with E-state index < -0.39 is 0 Å². The highest BCUT2D eigenvalue weighted by molar-refractivity contribution is 6.00. The van der Waals surface area contributed by atoms with Crippen molar-refractivity contribution in [3.05, 3.63) is 29.3 Å². The number of fused-ring (bicyclic) bond motifs is 1. The van der Waals surface area contributed by atoms with Gasteiger partial charge < -0.3 is 10.2 Å². The van der Waals surface area contributed by atoms with Crippen LogP contribution in [0.3, 0.4) is 0 Å². The minimum Gasteiger partial charge on any atom is -0.315 e. The fourth-order valence-corrected chi connectivity index (χ4v) is 2.60. The largest absolute Gasteiger partial charge is 0.315 e. The number of nitrogens with zero attached hydrogens (tertiary/aromatic N) is 1. The van der Waals surface area contributed by atoms with Gasteiger partial charge in [-0.05, 0) is 36.6 Å². The van der Waals surface area contributed by atoms with Crippen molar-refractivity contribution in [2.24, 2.45) is 5.92 Å². The minimum atomic E-state index is 0.187. The normalized spacial score (nSPS) is 16.3. The SMILES string of the molecule is CNC(CC(C)C)c1ccc2c(c1)CC(=O)N2C. The van der Waals surface area contributed by atoms with E-state index >= 15 is 0 Å². The van der Waals surface area contributed by atoms with Gasteiger partial charge in [-0.25, -0.2) is 0 Å². The molecule has 1 heterocycles. The molecule has 0 aromatic heterocycles. The summed E-state index contributed by atoms with van der Waals surface area (Å²) in [6, 6.07) is 6.76. The molecule has 1 aliphatic rings. The predicted octanol–water partition coefficient (Wildman–Crippen LogP) is 2.51. The highest BCUT2D eigenvalue weighted by atomic mass is 16.2. The van der Waals surface area contributed by atoms with Crippen LogP contribution in [0.4, 0.5) is 5.69 Å². The third-order valence-corrected chi connectivity index (χ3v) is 3.64. The number of likely N-dealkylation sites (N-methyl/N-ethyl adjacent to an activating group) is 1. The first-order valence-corrected chi connectivity index (χ1v) is 6.59. The maximum Gasteiger partial charge on any atom is 0.231 e. The number of benzene rings is 1. The first-order chi connectivity index (χ1) is 8.52. The summed E-state index contributed by atoms with van der Waals surface area (Å²) in [4.78, 5) is 13.4. The molecule has 1 unspecified atom stereocenters. The summed E-state index contributed by atoms with van der Waals surface area (Å²) in [5.41, 5.74) is 3.50. The molecule has 0 saturated heterocycles. The van der Waals surface area contributed by atoms with Crippen LogP contribution in [0.15, 0.2) is 18.2 Å². The Kier molecular flexibility index (Phi) is 3.71. The monoisotopic (exact) mass is 246 g/mol. The van der Waals surface area contributed by atoms with Crippen molar-refractivity contribution < 1.29 is 4.79 Å². The summed E-state index contributed by atoms with van der Waals surface area (Å²) >= 11 is 0. The van der Waals surface area contributed by atoms with Gasteiger partial charge in [0.2, 0.25) is 5.91 Å². The van der Waals surface area contributed by atoms with E-state index in [4.69, 9.17) is 0 Å². The lowest BCUT2D eigenvalue weighted by Crippen LogP contribution is -2.20. The van der Waals surface area contributed by atoms with E-state index in [1.54, 1.807) is 4.90 Å². The lowest BCUT2D eigenvalue weighted by molar-refractivity contribution is -0.117. The summed E-state index contributed by atoms with van der Waals surface area (Å²) in [6.07, 6.45) is 1.65. The molecular weight excluding hydrogens is 224 g/mol. The third-order valence-electron chi connectivity index (χ3n) is 3.64. The molecule has 0 radical (unpaired) electrons. The van der Waals surface area contributed by atoms with E-state index in [-0.39, 0.29) is 5.91 Å². The van der Waals surface area contributed by atoms with Crippen molar-refractivity contribution in [3.63, 3.8) is 0 Å². The Morgan fingerprint density at radius 2 is 2.11 bits per heavy atom. The molecule has 1 aliphatic heterocycles. The molecule has 1 amide bonds. The Morgan fingerprint density at radius 3 is 2.72 bits per heavy atom. The molecule has 0 spiro atoms. The van der Waals surface area contributed by atoms with E-state index in [0.717, 1.165) is 17.7 Å². The van der Waals surface area contributed by atoms with Gasteiger partial charge in [-0.1, -0.05) is 26.0 Å². The van der Waals surface area contributed by atoms with Crippen LogP contribution in [0.2, 0.25) is 0 Å². The van der Waals surface area contributed by atoms with Gasteiger partial charge in [-0.15, -0.1) is 0 Å². The molecule has 0 aliphatic carbocycles. The summed E-state index contributed by atoms with van der Waals surface area (Å²) in [5, 5.41) is 3.36. The number of rotatable bonds is 4. The Bertz CT molecular complexity index is 454. The molecule has 1 aromatic rings. The van der Waals surface area contributed by atoms with Gasteiger partial charge in [-0.2, -0.15) is 0 Å². The van der Waals surface area contributed by atoms with Gasteiger partial charge in [0.15, 0.2) is 0 Å². The molecule has 3 nitrogen and oxygen atoms in total. The Morgan fingerprint density at radius 1 is 1.39 bits per heavy atom. The van der Waals surface area contributed by atoms with Crippen LogP contribution in [0.25, 0.3) is 0 Å². The van der Waals surface area contributed by atoms with E-state index in [1.165, 1.54) is 5.56 Å². The van der Waals surface area contributed by atoms with Gasteiger partial charge in [-0.3, -0.25) is 4.79 Å². The van der Waals surface area contributed by atoms with Crippen molar-refractivity contribution in [1.29, 1.82) is 0 Å². The average molecular weight is 246 g/mol. The van der Waals surface area contributed by atoms with Crippen molar-refractivity contribution >= 4 is 11.6 Å². The van der Waals surface area contributed by atoms with E-state index in [9.17, 15) is 4.79 Å². The number of anilines is 1. The molecule has 18 heavy (non-hydrogen) atoms. The van der Waals surface area contributed by atoms with Crippen molar-refractivity contribution in [1.82, 2.24) is 5.32 Å². The van der Waals surface area contributed by atoms with Gasteiger partial charge in [0, 0.05) is 18.8 Å². The molecule has 98 valence electrons. The molecule has 0 bridgehead atoms. The number of amides is 1. The summed E-state index contributed by atoms with van der Waals surface area (Å²) < 4.78 is 0. The molecule has 1 aromatic carbocycles. The number of nitrogens with one attached hydrogen (secondary N) is 1. The zero-order valence-electron chi connectivity index (χ0n) is 11.7. The highest BCUT2D eigenvalue weighted by Gasteiger charge is 2.24. The third kappa shape index (κ3) is 2.41. The van der Waals surface area contributed by atoms with E-state index in [2.05, 4.69) is 37.4 Å². The Hall–Kier alpha value is -1.35. The van der Waals surface area contributed by atoms with Gasteiger partial charge in [0.05, 0.1) is 6.42 Å². The zero-order chi connectivity index (χ0) is 13.3. The number of carbonyl (C=O) groups excluding carboxylic acids is 1. The van der Waals surface area contributed by atoms with Crippen LogP contribution in [0.1, 0.15) is 37.4 Å². The second kappa shape index (κ2) is 5.11. The zero-order valence-corrected chi connectivity index (χ0v) is 11.7. The molecule has 0 fully saturated rings. The fraction of sp³-hybridized carbons (Fsp3) is 0.533. The molecule has 1 N–H and O–H groups in total. The first-order valence-electron chi connectivity index (χ1n) is 6.59. The van der Waals surface area contributed by atoms with Crippen LogP contribution in [-0.2, 0) is 11.2 Å². The standard InChI is InChI=1S/C15H22N2O/c1-10(2)7-13(16-3)11-5-6-14-12(8-11)9-15(18)17(14)4/h5-6,8,10,13,16H,7,9H2,1-4H3. The quantitative estimate of drug-likeness (QED) is 0.885. The smallest absolute Gasteiger partial charge is 0.231 e. The molecule has 3 heteroatoms. The lowest BCUT2D eigenvalue weighted by Gasteiger charge is -2.20. The van der Waals surface area contributed by atoms with Crippen LogP contribution >= 0.6 is 0 Å². The number of carbonyl (C=O) groups is 1. The van der Waals surface area contributed by atoms with Crippen molar-refractivity contribution in [2.75, 3.05) is 19.0 Å². The second-order valence-electron chi connectivity index (χ2n) is 5.49. The molecule has 1 atom stereocenters.